The molecule has 0 saturated carbocycles. The average molecular weight is 449 g/mol. The molecule has 0 bridgehead atoms. The summed E-state index contributed by atoms with van der Waals surface area (Å²) in [7, 11) is 0. The molecule has 3 rings (SSSR count). The molecule has 2 aliphatic heterocycles. The average Bonchev–Trinajstić information content (AvgIpc) is 2.76. The van der Waals surface area contributed by atoms with E-state index in [1.807, 2.05) is 6.20 Å². The second-order valence-electron chi connectivity index (χ2n) is 5.16. The fourth-order valence-electron chi connectivity index (χ4n) is 2.39. The van der Waals surface area contributed by atoms with E-state index >= 15 is 0 Å². The van der Waals surface area contributed by atoms with E-state index in [9.17, 15) is 9.59 Å². The molecule has 0 aromatic carbocycles. The predicted molar refractivity (Wildman–Crippen MR) is 91.5 cm³/mol. The number of carboxylic acids is 2. The van der Waals surface area contributed by atoms with Crippen LogP contribution in [-0.4, -0.2) is 52.8 Å². The Balaban J connectivity index is 0.000000207. The maximum absolute atomic E-state index is 9.55. The van der Waals surface area contributed by atoms with Gasteiger partial charge in [0.15, 0.2) is 0 Å². The summed E-state index contributed by atoms with van der Waals surface area (Å²) in [4.78, 5) is 25.8. The number of carbonyl (C=O) groups is 2. The molecule has 0 spiro atoms. The van der Waals surface area contributed by atoms with E-state index in [0.717, 1.165) is 28.1 Å². The molecule has 2 saturated heterocycles. The lowest BCUT2D eigenvalue weighted by Crippen LogP contribution is -2.51. The molecule has 0 amide bonds. The third-order valence-electron chi connectivity index (χ3n) is 3.60. The predicted octanol–water partition coefficient (Wildman–Crippen LogP) is 1.73. The number of pyridine rings is 1. The van der Waals surface area contributed by atoms with E-state index in [1.54, 1.807) is 0 Å². The summed E-state index contributed by atoms with van der Waals surface area (Å²) in [6, 6.07) is 2.83. The van der Waals surface area contributed by atoms with Crippen molar-refractivity contribution in [1.29, 1.82) is 0 Å². The summed E-state index contributed by atoms with van der Waals surface area (Å²) in [6.45, 7) is 3.44. The molecule has 2 aliphatic rings. The fourth-order valence-corrected chi connectivity index (χ4v) is 2.94. The van der Waals surface area contributed by atoms with Crippen LogP contribution in [-0.2, 0) is 9.59 Å². The Morgan fingerprint density at radius 1 is 1.26 bits per heavy atom. The van der Waals surface area contributed by atoms with E-state index in [1.165, 1.54) is 12.2 Å². The van der Waals surface area contributed by atoms with Crippen LogP contribution >= 0.6 is 31.9 Å². The van der Waals surface area contributed by atoms with Gasteiger partial charge in [0.1, 0.15) is 4.60 Å². The van der Waals surface area contributed by atoms with Gasteiger partial charge < -0.3 is 20.4 Å². The zero-order valence-electron chi connectivity index (χ0n) is 11.9. The summed E-state index contributed by atoms with van der Waals surface area (Å²) >= 11 is 6.87. The maximum atomic E-state index is 9.55. The van der Waals surface area contributed by atoms with Gasteiger partial charge in [0.25, 0.3) is 0 Å². The topological polar surface area (TPSA) is 103 Å². The van der Waals surface area contributed by atoms with Gasteiger partial charge in [0.05, 0.1) is 16.4 Å². The van der Waals surface area contributed by atoms with E-state index in [4.69, 9.17) is 10.2 Å². The number of hydrogen-bond donors (Lipinski definition) is 3. The third kappa shape index (κ3) is 5.02. The van der Waals surface area contributed by atoms with Crippen LogP contribution in [0.1, 0.15) is 0 Å². The summed E-state index contributed by atoms with van der Waals surface area (Å²) in [6.07, 6.45) is 3.05. The molecule has 0 radical (unpaired) electrons. The maximum Gasteiger partial charge on any atom is 0.328 e. The van der Waals surface area contributed by atoms with E-state index in [-0.39, 0.29) is 0 Å². The number of aliphatic carboxylic acids is 2. The van der Waals surface area contributed by atoms with Crippen LogP contribution in [0.2, 0.25) is 0 Å². The van der Waals surface area contributed by atoms with Crippen molar-refractivity contribution in [2.24, 2.45) is 5.92 Å². The number of fused-ring (bicyclic) bond motifs is 1. The Morgan fingerprint density at radius 2 is 1.91 bits per heavy atom. The van der Waals surface area contributed by atoms with Gasteiger partial charge in [-0.3, -0.25) is 0 Å². The number of aromatic nitrogens is 1. The number of anilines is 1. The minimum atomic E-state index is -1.26. The number of halogens is 2. The van der Waals surface area contributed by atoms with Crippen molar-refractivity contribution in [3.63, 3.8) is 0 Å². The number of rotatable bonds is 3. The lowest BCUT2D eigenvalue weighted by molar-refractivity contribution is -0.134. The van der Waals surface area contributed by atoms with Gasteiger partial charge in [-0.2, -0.15) is 0 Å². The first-order valence-corrected chi connectivity index (χ1v) is 8.38. The van der Waals surface area contributed by atoms with Crippen LogP contribution in [0.15, 0.2) is 33.5 Å². The lowest BCUT2D eigenvalue weighted by atomic mass is 9.96. The number of carboxylic acid groups (broad SMARTS) is 2. The highest BCUT2D eigenvalue weighted by atomic mass is 79.9. The van der Waals surface area contributed by atoms with Crippen LogP contribution in [0.4, 0.5) is 5.69 Å². The molecule has 1 aromatic rings. The largest absolute Gasteiger partial charge is 0.478 e. The highest BCUT2D eigenvalue weighted by Crippen LogP contribution is 2.31. The number of hydrogen-bond acceptors (Lipinski definition) is 5. The van der Waals surface area contributed by atoms with E-state index in [2.05, 4.69) is 53.1 Å². The summed E-state index contributed by atoms with van der Waals surface area (Å²) in [5, 5.41) is 19.1. The molecule has 23 heavy (non-hydrogen) atoms. The van der Waals surface area contributed by atoms with E-state index < -0.39 is 11.9 Å². The Hall–Kier alpha value is -1.45. The molecule has 3 N–H and O–H groups in total. The first-order valence-electron chi connectivity index (χ1n) is 6.80. The molecule has 9 heteroatoms. The SMILES string of the molecule is Brc1cc(N2C[C@@H]3CN[C@@H]3C2)cnc1Br.O=C(O)/C=C/C(=O)O. The molecule has 2 atom stereocenters. The van der Waals surface area contributed by atoms with Gasteiger partial charge in [-0.15, -0.1) is 0 Å². The Bertz CT molecular complexity index is 610. The third-order valence-corrected chi connectivity index (χ3v) is 5.37. The van der Waals surface area contributed by atoms with Crippen LogP contribution < -0.4 is 10.2 Å². The van der Waals surface area contributed by atoms with Crippen LogP contribution in [0.3, 0.4) is 0 Å². The minimum absolute atomic E-state index is 0.558. The van der Waals surface area contributed by atoms with E-state index in [0.29, 0.717) is 18.2 Å². The molecule has 0 unspecified atom stereocenters. The van der Waals surface area contributed by atoms with Crippen LogP contribution in [0, 0.1) is 5.92 Å². The first kappa shape index (κ1) is 17.9. The van der Waals surface area contributed by atoms with Gasteiger partial charge in [-0.05, 0) is 37.9 Å². The van der Waals surface area contributed by atoms with Crippen molar-refractivity contribution in [1.82, 2.24) is 10.3 Å². The van der Waals surface area contributed by atoms with Crippen molar-refractivity contribution in [2.75, 3.05) is 24.5 Å². The zero-order valence-corrected chi connectivity index (χ0v) is 15.1. The molecule has 2 fully saturated rings. The molecular weight excluding hydrogens is 434 g/mol. The van der Waals surface area contributed by atoms with Crippen molar-refractivity contribution in [3.8, 4) is 0 Å². The Kier molecular flexibility index (Phi) is 6.14. The van der Waals surface area contributed by atoms with Gasteiger partial charge in [0.2, 0.25) is 0 Å². The quantitative estimate of drug-likeness (QED) is 0.477. The zero-order chi connectivity index (χ0) is 17.0. The summed E-state index contributed by atoms with van der Waals surface area (Å²) in [5.41, 5.74) is 1.21. The molecule has 3 heterocycles. The van der Waals surface area contributed by atoms with Crippen molar-refractivity contribution >= 4 is 49.5 Å². The summed E-state index contributed by atoms with van der Waals surface area (Å²) in [5.74, 6) is -1.67. The van der Waals surface area contributed by atoms with Gasteiger partial charge >= 0.3 is 11.9 Å². The van der Waals surface area contributed by atoms with Crippen molar-refractivity contribution in [2.45, 2.75) is 6.04 Å². The van der Waals surface area contributed by atoms with Crippen molar-refractivity contribution in [3.05, 3.63) is 33.5 Å². The standard InChI is InChI=1S/C10H11Br2N3.C4H4O4/c11-8-1-7(3-14-10(8)12)15-4-6-2-13-9(6)5-15;5-3(6)1-2-4(7)8/h1,3,6,9,13H,2,4-5H2;1-2H,(H,5,6)(H,7,8)/b;2-1+/t6-,9+;/m0./s1. The Morgan fingerprint density at radius 3 is 2.30 bits per heavy atom. The molecule has 7 nitrogen and oxygen atoms in total. The second kappa shape index (κ2) is 7.89. The van der Waals surface area contributed by atoms with Crippen LogP contribution in [0.25, 0.3) is 0 Å². The Labute approximate surface area is 149 Å². The number of nitrogens with one attached hydrogen (secondary N) is 1. The van der Waals surface area contributed by atoms with Gasteiger partial charge in [-0.25, -0.2) is 14.6 Å². The molecule has 0 aliphatic carbocycles. The normalized spacial score (nSPS) is 22.1. The highest BCUT2D eigenvalue weighted by Gasteiger charge is 2.39. The molecule has 1 aromatic heterocycles. The first-order chi connectivity index (χ1) is 10.9. The second-order valence-corrected chi connectivity index (χ2v) is 6.76. The molecular formula is C14H15Br2N3O4. The highest BCUT2D eigenvalue weighted by molar-refractivity contribution is 9.13. The number of nitrogens with zero attached hydrogens (tertiary/aromatic N) is 2. The molecule has 124 valence electrons. The monoisotopic (exact) mass is 447 g/mol. The van der Waals surface area contributed by atoms with Crippen LogP contribution in [0.5, 0.6) is 0 Å². The van der Waals surface area contributed by atoms with Gasteiger partial charge in [-0.1, -0.05) is 0 Å². The van der Waals surface area contributed by atoms with Crippen molar-refractivity contribution < 1.29 is 19.8 Å². The van der Waals surface area contributed by atoms with Gasteiger partial charge in [0, 0.05) is 43.7 Å². The summed E-state index contributed by atoms with van der Waals surface area (Å²) < 4.78 is 1.89. The smallest absolute Gasteiger partial charge is 0.328 e. The fraction of sp³-hybridized carbons (Fsp3) is 0.357. The minimum Gasteiger partial charge on any atom is -0.478 e. The lowest BCUT2D eigenvalue weighted by Gasteiger charge is -2.29.